The zero-order chi connectivity index (χ0) is 9.26. The smallest absolute Gasteiger partial charge is 0.0845 e. The van der Waals surface area contributed by atoms with E-state index in [1.54, 1.807) is 10.7 Å². The fraction of sp³-hybridized carbons (Fsp3) is 0.222. The Morgan fingerprint density at radius 1 is 1.54 bits per heavy atom. The molecule has 0 fully saturated rings. The monoisotopic (exact) mass is 194 g/mol. The number of hydrogen-bond acceptors (Lipinski definition) is 2. The highest BCUT2D eigenvalue weighted by Gasteiger charge is 2.07. The summed E-state index contributed by atoms with van der Waals surface area (Å²) in [5.41, 5.74) is 0.933. The minimum atomic E-state index is -0.917. The van der Waals surface area contributed by atoms with E-state index in [2.05, 4.69) is 5.10 Å². The number of aromatic nitrogens is 2. The molecule has 0 radical (unpaired) electrons. The van der Waals surface area contributed by atoms with Crippen LogP contribution in [0.3, 0.4) is 0 Å². The second-order valence-corrected chi connectivity index (χ2v) is 4.38. The molecule has 1 unspecified atom stereocenters. The van der Waals surface area contributed by atoms with Crippen molar-refractivity contribution in [1.82, 2.24) is 9.61 Å². The lowest BCUT2D eigenvalue weighted by Gasteiger charge is -1.95. The van der Waals surface area contributed by atoms with Gasteiger partial charge in [0.25, 0.3) is 0 Å². The van der Waals surface area contributed by atoms with Crippen molar-refractivity contribution in [3.05, 3.63) is 30.6 Å². The summed E-state index contributed by atoms with van der Waals surface area (Å²) in [6.07, 6.45) is 3.53. The molecule has 3 nitrogen and oxygen atoms in total. The quantitative estimate of drug-likeness (QED) is 0.725. The topological polar surface area (TPSA) is 34.4 Å². The van der Waals surface area contributed by atoms with Crippen molar-refractivity contribution >= 4 is 16.3 Å². The van der Waals surface area contributed by atoms with Crippen LogP contribution in [0, 0.1) is 0 Å². The lowest BCUT2D eigenvalue weighted by Crippen LogP contribution is -1.93. The van der Waals surface area contributed by atoms with Gasteiger partial charge in [0.15, 0.2) is 0 Å². The molecule has 0 bridgehead atoms. The van der Waals surface area contributed by atoms with Crippen LogP contribution in [0.25, 0.3) is 5.52 Å². The Morgan fingerprint density at radius 2 is 2.38 bits per heavy atom. The van der Waals surface area contributed by atoms with Gasteiger partial charge in [0.05, 0.1) is 27.4 Å². The van der Waals surface area contributed by atoms with Gasteiger partial charge in [-0.1, -0.05) is 13.0 Å². The Hall–Kier alpha value is -1.16. The fourth-order valence-corrected chi connectivity index (χ4v) is 2.11. The van der Waals surface area contributed by atoms with Crippen molar-refractivity contribution in [1.29, 1.82) is 0 Å². The number of pyridine rings is 1. The van der Waals surface area contributed by atoms with Crippen LogP contribution in [-0.2, 0) is 10.8 Å². The molecule has 2 rings (SSSR count). The summed E-state index contributed by atoms with van der Waals surface area (Å²) < 4.78 is 13.3. The zero-order valence-electron chi connectivity index (χ0n) is 7.30. The van der Waals surface area contributed by atoms with Gasteiger partial charge >= 0.3 is 0 Å². The molecule has 68 valence electrons. The maximum Gasteiger partial charge on any atom is 0.0845 e. The highest BCUT2D eigenvalue weighted by Crippen LogP contribution is 2.13. The molecule has 0 saturated carbocycles. The highest BCUT2D eigenvalue weighted by molar-refractivity contribution is 7.85. The van der Waals surface area contributed by atoms with Crippen LogP contribution < -0.4 is 0 Å². The Kier molecular flexibility index (Phi) is 2.14. The number of hydrogen-bond donors (Lipinski definition) is 0. The summed E-state index contributed by atoms with van der Waals surface area (Å²) in [6, 6.07) is 5.75. The van der Waals surface area contributed by atoms with Crippen LogP contribution >= 0.6 is 0 Å². The van der Waals surface area contributed by atoms with Gasteiger partial charge in [-0.05, 0) is 12.1 Å². The van der Waals surface area contributed by atoms with Crippen molar-refractivity contribution in [3.8, 4) is 0 Å². The summed E-state index contributed by atoms with van der Waals surface area (Å²) >= 11 is 0. The Labute approximate surface area is 78.8 Å². The van der Waals surface area contributed by atoms with Gasteiger partial charge in [0, 0.05) is 11.9 Å². The van der Waals surface area contributed by atoms with E-state index in [1.165, 1.54) is 0 Å². The predicted octanol–water partition coefficient (Wildman–Crippen LogP) is 1.46. The van der Waals surface area contributed by atoms with E-state index < -0.39 is 10.8 Å². The van der Waals surface area contributed by atoms with E-state index in [1.807, 2.05) is 31.3 Å². The van der Waals surface area contributed by atoms with Gasteiger partial charge in [0.2, 0.25) is 0 Å². The summed E-state index contributed by atoms with van der Waals surface area (Å²) in [4.78, 5) is 0.822. The average Bonchev–Trinajstić information content (AvgIpc) is 2.60. The van der Waals surface area contributed by atoms with Gasteiger partial charge < -0.3 is 0 Å². The first-order valence-electron chi connectivity index (χ1n) is 4.13. The molecule has 13 heavy (non-hydrogen) atoms. The van der Waals surface area contributed by atoms with E-state index in [4.69, 9.17) is 0 Å². The third-order valence-electron chi connectivity index (χ3n) is 1.90. The van der Waals surface area contributed by atoms with Gasteiger partial charge in [-0.3, -0.25) is 4.21 Å². The Balaban J connectivity index is 2.64. The van der Waals surface area contributed by atoms with Gasteiger partial charge in [-0.2, -0.15) is 5.10 Å². The molecule has 0 aliphatic rings. The minimum Gasteiger partial charge on any atom is -0.254 e. The van der Waals surface area contributed by atoms with E-state index in [0.717, 1.165) is 10.4 Å². The second-order valence-electron chi connectivity index (χ2n) is 2.67. The normalized spacial score (nSPS) is 13.3. The SMILES string of the molecule is CCS(=O)c1cnn2ccccc12. The third-order valence-corrected chi connectivity index (χ3v) is 3.23. The maximum atomic E-state index is 11.5. The predicted molar refractivity (Wildman–Crippen MR) is 52.1 cm³/mol. The average molecular weight is 194 g/mol. The molecule has 0 aliphatic heterocycles. The summed E-state index contributed by atoms with van der Waals surface area (Å²) in [5, 5.41) is 4.11. The zero-order valence-corrected chi connectivity index (χ0v) is 8.12. The molecule has 0 N–H and O–H groups in total. The van der Waals surface area contributed by atoms with E-state index in [-0.39, 0.29) is 0 Å². The lowest BCUT2D eigenvalue weighted by molar-refractivity contribution is 0.684. The van der Waals surface area contributed by atoms with E-state index in [9.17, 15) is 4.21 Å². The molecule has 0 saturated heterocycles. The van der Waals surface area contributed by atoms with Crippen LogP contribution in [-0.4, -0.2) is 19.6 Å². The molecular weight excluding hydrogens is 184 g/mol. The highest BCUT2D eigenvalue weighted by atomic mass is 32.2. The van der Waals surface area contributed by atoms with Crippen molar-refractivity contribution in [2.24, 2.45) is 0 Å². The second kappa shape index (κ2) is 3.30. The molecule has 0 aliphatic carbocycles. The molecule has 1 atom stereocenters. The molecule has 2 aromatic heterocycles. The summed E-state index contributed by atoms with van der Waals surface area (Å²) in [7, 11) is -0.917. The molecule has 4 heteroatoms. The van der Waals surface area contributed by atoms with E-state index in [0.29, 0.717) is 5.75 Å². The van der Waals surface area contributed by atoms with Crippen LogP contribution in [0.4, 0.5) is 0 Å². The van der Waals surface area contributed by atoms with Crippen LogP contribution in [0.2, 0.25) is 0 Å². The summed E-state index contributed by atoms with van der Waals surface area (Å²) in [6.45, 7) is 1.91. The van der Waals surface area contributed by atoms with E-state index >= 15 is 0 Å². The fourth-order valence-electron chi connectivity index (χ4n) is 1.24. The first-order valence-corrected chi connectivity index (χ1v) is 5.45. The molecule has 2 heterocycles. The van der Waals surface area contributed by atoms with Crippen molar-refractivity contribution < 1.29 is 4.21 Å². The van der Waals surface area contributed by atoms with Crippen LogP contribution in [0.15, 0.2) is 35.5 Å². The van der Waals surface area contributed by atoms with Crippen molar-refractivity contribution in [2.45, 2.75) is 11.8 Å². The Morgan fingerprint density at radius 3 is 3.15 bits per heavy atom. The number of nitrogens with zero attached hydrogens (tertiary/aromatic N) is 2. The number of rotatable bonds is 2. The maximum absolute atomic E-state index is 11.5. The summed E-state index contributed by atoms with van der Waals surface area (Å²) in [5.74, 6) is 0.635. The van der Waals surface area contributed by atoms with Gasteiger partial charge in [0.1, 0.15) is 0 Å². The molecule has 0 aromatic carbocycles. The molecule has 0 spiro atoms. The molecule has 2 aromatic rings. The van der Waals surface area contributed by atoms with Gasteiger partial charge in [-0.15, -0.1) is 0 Å². The lowest BCUT2D eigenvalue weighted by atomic mass is 10.4. The standard InChI is InChI=1S/C9H10N2OS/c1-2-13(12)9-7-10-11-6-4-3-5-8(9)11/h3-7H,2H2,1H3. The third kappa shape index (κ3) is 1.37. The van der Waals surface area contributed by atoms with Gasteiger partial charge in [-0.25, -0.2) is 4.52 Å². The van der Waals surface area contributed by atoms with Crippen LogP contribution in [0.5, 0.6) is 0 Å². The number of fused-ring (bicyclic) bond motifs is 1. The molecule has 0 amide bonds. The first-order chi connectivity index (χ1) is 6.33. The van der Waals surface area contributed by atoms with Crippen molar-refractivity contribution in [3.63, 3.8) is 0 Å². The largest absolute Gasteiger partial charge is 0.254 e. The van der Waals surface area contributed by atoms with Crippen LogP contribution in [0.1, 0.15) is 6.92 Å². The molecular formula is C9H10N2OS. The first kappa shape index (κ1) is 8.44. The Bertz CT molecular complexity index is 450. The minimum absolute atomic E-state index is 0.635. The van der Waals surface area contributed by atoms with Crippen molar-refractivity contribution in [2.75, 3.05) is 5.75 Å².